The van der Waals surface area contributed by atoms with Crippen LogP contribution < -0.4 is 5.32 Å². The second kappa shape index (κ2) is 7.98. The van der Waals surface area contributed by atoms with Crippen LogP contribution in [0.25, 0.3) is 6.08 Å². The lowest BCUT2D eigenvalue weighted by molar-refractivity contribution is -0.127. The van der Waals surface area contributed by atoms with E-state index in [0.29, 0.717) is 5.92 Å². The number of hydrogen-bond donors (Lipinski definition) is 1. The molecule has 1 amide bonds. The van der Waals surface area contributed by atoms with Crippen molar-refractivity contribution in [1.29, 1.82) is 0 Å². The average molecular weight is 299 g/mol. The van der Waals surface area contributed by atoms with Gasteiger partial charge < -0.3 is 5.32 Å². The molecule has 0 spiro atoms. The summed E-state index contributed by atoms with van der Waals surface area (Å²) < 4.78 is 0. The first-order valence-electron chi connectivity index (χ1n) is 8.01. The fourth-order valence-electron chi connectivity index (χ4n) is 2.23. The summed E-state index contributed by atoms with van der Waals surface area (Å²) in [6.45, 7) is 14.3. The van der Waals surface area contributed by atoms with Gasteiger partial charge in [0.25, 0.3) is 0 Å². The lowest BCUT2D eigenvalue weighted by atomic mass is 9.88. The molecule has 0 aromatic heterocycles. The van der Waals surface area contributed by atoms with Crippen molar-refractivity contribution in [3.05, 3.63) is 54.1 Å². The zero-order valence-corrected chi connectivity index (χ0v) is 14.5. The Labute approximate surface area is 135 Å². The third-order valence-electron chi connectivity index (χ3n) is 3.92. The third kappa shape index (κ3) is 5.18. The van der Waals surface area contributed by atoms with E-state index in [1.807, 2.05) is 56.3 Å². The molecular weight excluding hydrogens is 270 g/mol. The van der Waals surface area contributed by atoms with Crippen LogP contribution in [0, 0.1) is 11.3 Å². The Balaban J connectivity index is 2.81. The van der Waals surface area contributed by atoms with Gasteiger partial charge in [-0.3, -0.25) is 4.79 Å². The molecule has 0 bridgehead atoms. The largest absolute Gasteiger partial charge is 0.349 e. The smallest absolute Gasteiger partial charge is 0.229 e. The Morgan fingerprint density at radius 2 is 1.86 bits per heavy atom. The number of amides is 1. The Bertz CT molecular complexity index is 526. The van der Waals surface area contributed by atoms with E-state index in [2.05, 4.69) is 32.7 Å². The maximum Gasteiger partial charge on any atom is 0.229 e. The molecule has 0 radical (unpaired) electrons. The van der Waals surface area contributed by atoms with Gasteiger partial charge in [-0.2, -0.15) is 0 Å². The fraction of sp³-hybridized carbons (Fsp3) is 0.450. The van der Waals surface area contributed by atoms with Gasteiger partial charge >= 0.3 is 0 Å². The highest BCUT2D eigenvalue weighted by Gasteiger charge is 2.28. The van der Waals surface area contributed by atoms with E-state index >= 15 is 0 Å². The second-order valence-corrected chi connectivity index (χ2v) is 6.67. The van der Waals surface area contributed by atoms with E-state index in [9.17, 15) is 4.79 Å². The summed E-state index contributed by atoms with van der Waals surface area (Å²) in [5, 5.41) is 3.15. The third-order valence-corrected chi connectivity index (χ3v) is 3.92. The number of nitrogens with one attached hydrogen (secondary N) is 1. The maximum atomic E-state index is 12.6. The van der Waals surface area contributed by atoms with Crippen molar-refractivity contribution in [1.82, 2.24) is 5.32 Å². The number of carbonyl (C=O) groups is 1. The molecule has 2 heteroatoms. The Kier molecular flexibility index (Phi) is 6.61. The highest BCUT2D eigenvalue weighted by molar-refractivity contribution is 5.85. The molecule has 0 heterocycles. The minimum atomic E-state index is -0.559. The lowest BCUT2D eigenvalue weighted by Crippen LogP contribution is -2.45. The molecule has 22 heavy (non-hydrogen) atoms. The zero-order valence-electron chi connectivity index (χ0n) is 14.5. The molecular formula is C20H29NO. The molecule has 1 aromatic carbocycles. The average Bonchev–Trinajstić information content (AvgIpc) is 2.50. The first-order valence-corrected chi connectivity index (χ1v) is 8.01. The van der Waals surface area contributed by atoms with Crippen molar-refractivity contribution >= 4 is 12.0 Å². The summed E-state index contributed by atoms with van der Waals surface area (Å²) >= 11 is 0. The van der Waals surface area contributed by atoms with Crippen molar-refractivity contribution in [2.45, 2.75) is 47.1 Å². The Morgan fingerprint density at radius 1 is 1.27 bits per heavy atom. The van der Waals surface area contributed by atoms with Crippen molar-refractivity contribution < 1.29 is 4.79 Å². The normalized spacial score (nSPS) is 13.4. The minimum Gasteiger partial charge on any atom is -0.349 e. The van der Waals surface area contributed by atoms with Crippen LogP contribution in [0.15, 0.2) is 48.6 Å². The van der Waals surface area contributed by atoms with E-state index < -0.39 is 5.41 Å². The van der Waals surface area contributed by atoms with Gasteiger partial charge in [0, 0.05) is 0 Å². The molecule has 1 rings (SSSR count). The van der Waals surface area contributed by atoms with Crippen LogP contribution in [0.2, 0.25) is 0 Å². The topological polar surface area (TPSA) is 29.1 Å². The van der Waals surface area contributed by atoms with E-state index in [0.717, 1.165) is 17.6 Å². The number of hydrogen-bond acceptors (Lipinski definition) is 1. The van der Waals surface area contributed by atoms with Gasteiger partial charge in [-0.05, 0) is 31.7 Å². The van der Waals surface area contributed by atoms with Gasteiger partial charge in [-0.15, -0.1) is 0 Å². The van der Waals surface area contributed by atoms with E-state index in [-0.39, 0.29) is 11.9 Å². The monoisotopic (exact) mass is 299 g/mol. The first-order chi connectivity index (χ1) is 10.3. The minimum absolute atomic E-state index is 0.0295. The van der Waals surface area contributed by atoms with Gasteiger partial charge in [0.05, 0.1) is 11.5 Å². The molecule has 1 N–H and O–H groups in total. The van der Waals surface area contributed by atoms with Crippen LogP contribution in [0.3, 0.4) is 0 Å². The van der Waals surface area contributed by atoms with E-state index in [1.54, 1.807) is 0 Å². The van der Waals surface area contributed by atoms with Gasteiger partial charge in [0.2, 0.25) is 5.91 Å². The van der Waals surface area contributed by atoms with Gasteiger partial charge in [0.1, 0.15) is 0 Å². The molecule has 0 aliphatic heterocycles. The highest BCUT2D eigenvalue weighted by Crippen LogP contribution is 2.22. The number of rotatable bonds is 7. The molecule has 0 fully saturated rings. The molecule has 0 saturated carbocycles. The predicted octanol–water partition coefficient (Wildman–Crippen LogP) is 4.83. The fourth-order valence-corrected chi connectivity index (χ4v) is 2.23. The quantitative estimate of drug-likeness (QED) is 0.718. The highest BCUT2D eigenvalue weighted by atomic mass is 16.2. The van der Waals surface area contributed by atoms with E-state index in [1.165, 1.54) is 0 Å². The molecule has 2 nitrogen and oxygen atoms in total. The maximum absolute atomic E-state index is 12.6. The Hall–Kier alpha value is -1.83. The molecule has 0 aliphatic carbocycles. The summed E-state index contributed by atoms with van der Waals surface area (Å²) in [4.78, 5) is 12.6. The molecule has 1 atom stereocenters. The molecule has 1 aromatic rings. The lowest BCUT2D eigenvalue weighted by Gasteiger charge is -2.28. The van der Waals surface area contributed by atoms with E-state index in [4.69, 9.17) is 0 Å². The van der Waals surface area contributed by atoms with Gasteiger partial charge in [-0.1, -0.05) is 75.4 Å². The van der Waals surface area contributed by atoms with Crippen molar-refractivity contribution in [3.8, 4) is 0 Å². The second-order valence-electron chi connectivity index (χ2n) is 6.67. The van der Waals surface area contributed by atoms with Crippen LogP contribution in [0.4, 0.5) is 0 Å². The first kappa shape index (κ1) is 18.2. The van der Waals surface area contributed by atoms with Crippen LogP contribution >= 0.6 is 0 Å². The summed E-state index contributed by atoms with van der Waals surface area (Å²) in [7, 11) is 0. The van der Waals surface area contributed by atoms with Crippen LogP contribution in [0.5, 0.6) is 0 Å². The molecule has 0 saturated heterocycles. The summed E-state index contributed by atoms with van der Waals surface area (Å²) in [5.74, 6) is 0.373. The summed E-state index contributed by atoms with van der Waals surface area (Å²) in [6, 6.07) is 10.1. The van der Waals surface area contributed by atoms with Crippen LogP contribution in [-0.2, 0) is 4.79 Å². The van der Waals surface area contributed by atoms with Gasteiger partial charge in [-0.25, -0.2) is 0 Å². The molecule has 0 aliphatic rings. The van der Waals surface area contributed by atoms with Gasteiger partial charge in [0.15, 0.2) is 0 Å². The summed E-state index contributed by atoms with van der Waals surface area (Å²) in [5.41, 5.74) is 1.62. The SMILES string of the molecule is C=C(CC)C(NC(=O)C(C)(C)C=Cc1ccccc1)C(C)C. The molecule has 1 unspecified atom stereocenters. The van der Waals surface area contributed by atoms with Crippen molar-refractivity contribution in [2.75, 3.05) is 0 Å². The standard InChI is InChI=1S/C20H29NO/c1-7-16(4)18(15(2)3)21-19(22)20(5,6)14-13-17-11-9-8-10-12-17/h8-15,18H,4,7H2,1-3,5-6H3,(H,21,22). The molecule has 120 valence electrons. The predicted molar refractivity (Wildman–Crippen MR) is 95.5 cm³/mol. The number of benzene rings is 1. The summed E-state index contributed by atoms with van der Waals surface area (Å²) in [6.07, 6.45) is 4.84. The van der Waals surface area contributed by atoms with Crippen molar-refractivity contribution in [2.24, 2.45) is 11.3 Å². The van der Waals surface area contributed by atoms with Crippen molar-refractivity contribution in [3.63, 3.8) is 0 Å². The van der Waals surface area contributed by atoms with Crippen LogP contribution in [-0.4, -0.2) is 11.9 Å². The Morgan fingerprint density at radius 3 is 2.36 bits per heavy atom. The zero-order chi connectivity index (χ0) is 16.8. The van der Waals surface area contributed by atoms with Crippen LogP contribution in [0.1, 0.15) is 46.6 Å². The number of carbonyl (C=O) groups excluding carboxylic acids is 1.